The monoisotopic (exact) mass is 357 g/mol. The number of nitrogen functional groups attached to an aromatic ring is 1. The number of benzene rings is 2. The molecule has 0 aromatic heterocycles. The fourth-order valence-electron chi connectivity index (χ4n) is 2.57. The molecule has 0 saturated carbocycles. The number of anilines is 1. The van der Waals surface area contributed by atoms with Crippen molar-refractivity contribution >= 4 is 17.5 Å². The van der Waals surface area contributed by atoms with Crippen LogP contribution in [0.5, 0.6) is 23.0 Å². The van der Waals surface area contributed by atoms with Gasteiger partial charge in [-0.2, -0.15) is 0 Å². The van der Waals surface area contributed by atoms with Crippen molar-refractivity contribution in [1.29, 1.82) is 0 Å². The molecule has 0 spiro atoms. The van der Waals surface area contributed by atoms with Crippen molar-refractivity contribution in [3.8, 4) is 23.0 Å². The fraction of sp³-hybridized carbons (Fsp3) is 0.250. The predicted octanol–water partition coefficient (Wildman–Crippen LogP) is 3.59. The highest BCUT2D eigenvalue weighted by Crippen LogP contribution is 2.37. The van der Waals surface area contributed by atoms with Gasteiger partial charge in [-0.3, -0.25) is 4.79 Å². The summed E-state index contributed by atoms with van der Waals surface area (Å²) in [6.07, 6.45) is 1.73. The van der Waals surface area contributed by atoms with Gasteiger partial charge in [0.25, 0.3) is 0 Å². The maximum atomic E-state index is 12.8. The molecule has 6 nitrogen and oxygen atoms in total. The van der Waals surface area contributed by atoms with Gasteiger partial charge in [-0.1, -0.05) is 0 Å². The Morgan fingerprint density at radius 1 is 0.923 bits per heavy atom. The normalized spacial score (nSPS) is 11.0. The standard InChI is InChI=1S/C20H23NO5/c1-12(19(22)13-6-7-16(21)17(10-13)24-3)8-14-9-15(23-2)11-18(25-4)20(14)26-5/h6-11H,21H2,1-5H3/b12-8+. The lowest BCUT2D eigenvalue weighted by Crippen LogP contribution is -2.03. The average molecular weight is 357 g/mol. The summed E-state index contributed by atoms with van der Waals surface area (Å²) in [6.45, 7) is 1.73. The van der Waals surface area contributed by atoms with Crippen molar-refractivity contribution in [3.63, 3.8) is 0 Å². The number of allylic oxidation sites excluding steroid dienone is 1. The first kappa shape index (κ1) is 19.2. The van der Waals surface area contributed by atoms with E-state index in [1.54, 1.807) is 64.7 Å². The molecule has 0 heterocycles. The van der Waals surface area contributed by atoms with Gasteiger partial charge in [-0.05, 0) is 42.8 Å². The van der Waals surface area contributed by atoms with E-state index >= 15 is 0 Å². The van der Waals surface area contributed by atoms with Gasteiger partial charge in [0.2, 0.25) is 0 Å². The van der Waals surface area contributed by atoms with Crippen molar-refractivity contribution in [2.45, 2.75) is 6.92 Å². The van der Waals surface area contributed by atoms with Crippen LogP contribution in [0.25, 0.3) is 6.08 Å². The van der Waals surface area contributed by atoms with Crippen LogP contribution in [0, 0.1) is 0 Å². The van der Waals surface area contributed by atoms with E-state index in [1.807, 2.05) is 0 Å². The van der Waals surface area contributed by atoms with Crippen LogP contribution in [0.3, 0.4) is 0 Å². The molecule has 0 aliphatic rings. The van der Waals surface area contributed by atoms with E-state index in [0.717, 1.165) is 0 Å². The molecule has 0 unspecified atom stereocenters. The summed E-state index contributed by atoms with van der Waals surface area (Å²) in [4.78, 5) is 12.8. The predicted molar refractivity (Wildman–Crippen MR) is 101 cm³/mol. The van der Waals surface area contributed by atoms with Crippen LogP contribution in [-0.2, 0) is 0 Å². The number of rotatable bonds is 7. The molecule has 2 aromatic rings. The lowest BCUT2D eigenvalue weighted by Gasteiger charge is -2.13. The topological polar surface area (TPSA) is 80.0 Å². The Kier molecular flexibility index (Phi) is 6.11. The highest BCUT2D eigenvalue weighted by Gasteiger charge is 2.15. The molecule has 2 N–H and O–H groups in total. The Hall–Kier alpha value is -3.15. The van der Waals surface area contributed by atoms with Gasteiger partial charge in [0.15, 0.2) is 17.3 Å². The third kappa shape index (κ3) is 3.91. The Morgan fingerprint density at radius 3 is 2.19 bits per heavy atom. The van der Waals surface area contributed by atoms with E-state index in [9.17, 15) is 4.79 Å². The van der Waals surface area contributed by atoms with Gasteiger partial charge in [-0.25, -0.2) is 0 Å². The molecule has 26 heavy (non-hydrogen) atoms. The van der Waals surface area contributed by atoms with Crippen LogP contribution in [0.1, 0.15) is 22.8 Å². The van der Waals surface area contributed by atoms with Gasteiger partial charge in [0, 0.05) is 17.2 Å². The minimum atomic E-state index is -0.146. The molecule has 0 fully saturated rings. The van der Waals surface area contributed by atoms with Crippen LogP contribution in [0.15, 0.2) is 35.9 Å². The third-order valence-electron chi connectivity index (χ3n) is 3.94. The second-order valence-corrected chi connectivity index (χ2v) is 5.57. The van der Waals surface area contributed by atoms with Crippen LogP contribution in [-0.4, -0.2) is 34.2 Å². The lowest BCUT2D eigenvalue weighted by atomic mass is 10.0. The minimum Gasteiger partial charge on any atom is -0.497 e. The number of nitrogens with two attached hydrogens (primary N) is 1. The number of ether oxygens (including phenoxy) is 4. The van der Waals surface area contributed by atoms with Gasteiger partial charge >= 0.3 is 0 Å². The molecule has 138 valence electrons. The highest BCUT2D eigenvalue weighted by molar-refractivity contribution is 6.11. The average Bonchev–Trinajstić information content (AvgIpc) is 2.66. The number of carbonyl (C=O) groups is 1. The number of ketones is 1. The van der Waals surface area contributed by atoms with Crippen LogP contribution in [0.2, 0.25) is 0 Å². The van der Waals surface area contributed by atoms with Gasteiger partial charge in [-0.15, -0.1) is 0 Å². The maximum Gasteiger partial charge on any atom is 0.188 e. The van der Waals surface area contributed by atoms with Gasteiger partial charge in [0.05, 0.1) is 34.1 Å². The van der Waals surface area contributed by atoms with Crippen molar-refractivity contribution < 1.29 is 23.7 Å². The Bertz CT molecular complexity index is 842. The zero-order chi connectivity index (χ0) is 19.3. The summed E-state index contributed by atoms with van der Waals surface area (Å²) in [6, 6.07) is 8.44. The highest BCUT2D eigenvalue weighted by atomic mass is 16.5. The molecule has 6 heteroatoms. The third-order valence-corrected chi connectivity index (χ3v) is 3.94. The first-order chi connectivity index (χ1) is 12.4. The Labute approximate surface area is 153 Å². The molecule has 0 saturated heterocycles. The zero-order valence-electron chi connectivity index (χ0n) is 15.6. The summed E-state index contributed by atoms with van der Waals surface area (Å²) < 4.78 is 21.2. The second kappa shape index (κ2) is 8.29. The SMILES string of the molecule is COc1cc(/C=C(\C)C(=O)c2ccc(N)c(OC)c2)c(OC)c(OC)c1. The molecular weight excluding hydrogens is 334 g/mol. The molecule has 0 radical (unpaired) electrons. The van der Waals surface area contributed by atoms with Gasteiger partial charge < -0.3 is 24.7 Å². The van der Waals surface area contributed by atoms with E-state index in [4.69, 9.17) is 24.7 Å². The number of hydrogen-bond acceptors (Lipinski definition) is 6. The van der Waals surface area contributed by atoms with E-state index in [-0.39, 0.29) is 5.78 Å². The smallest absolute Gasteiger partial charge is 0.188 e. The van der Waals surface area contributed by atoms with Crippen molar-refractivity contribution in [3.05, 3.63) is 47.0 Å². The molecule has 0 bridgehead atoms. The van der Waals surface area contributed by atoms with E-state index in [2.05, 4.69) is 0 Å². The fourth-order valence-corrected chi connectivity index (χ4v) is 2.57. The minimum absolute atomic E-state index is 0.146. The summed E-state index contributed by atoms with van der Waals surface area (Å²) in [5.41, 5.74) is 7.96. The molecular formula is C20H23NO5. The molecule has 2 rings (SSSR count). The van der Waals surface area contributed by atoms with E-state index in [1.165, 1.54) is 7.11 Å². The summed E-state index contributed by atoms with van der Waals surface area (Å²) >= 11 is 0. The van der Waals surface area contributed by atoms with Crippen LogP contribution >= 0.6 is 0 Å². The second-order valence-electron chi connectivity index (χ2n) is 5.57. The first-order valence-electron chi connectivity index (χ1n) is 7.91. The number of methoxy groups -OCH3 is 4. The number of Topliss-reactive ketones (excluding diaryl/α,β-unsaturated/α-hetero) is 1. The number of carbonyl (C=O) groups excluding carboxylic acids is 1. The largest absolute Gasteiger partial charge is 0.497 e. The maximum absolute atomic E-state index is 12.8. The molecule has 2 aromatic carbocycles. The quantitative estimate of drug-likeness (QED) is 0.463. The Balaban J connectivity index is 2.47. The van der Waals surface area contributed by atoms with Crippen molar-refractivity contribution in [2.24, 2.45) is 0 Å². The summed E-state index contributed by atoms with van der Waals surface area (Å²) in [5.74, 6) is 1.96. The van der Waals surface area contributed by atoms with E-state index in [0.29, 0.717) is 45.4 Å². The van der Waals surface area contributed by atoms with Crippen LogP contribution < -0.4 is 24.7 Å². The van der Waals surface area contributed by atoms with Crippen LogP contribution in [0.4, 0.5) is 5.69 Å². The molecule has 0 amide bonds. The molecule has 0 aliphatic heterocycles. The van der Waals surface area contributed by atoms with Crippen molar-refractivity contribution in [1.82, 2.24) is 0 Å². The molecule has 0 atom stereocenters. The van der Waals surface area contributed by atoms with Gasteiger partial charge in [0.1, 0.15) is 11.5 Å². The van der Waals surface area contributed by atoms with Crippen molar-refractivity contribution in [2.75, 3.05) is 34.2 Å². The number of hydrogen-bond donors (Lipinski definition) is 1. The first-order valence-corrected chi connectivity index (χ1v) is 7.91. The lowest BCUT2D eigenvalue weighted by molar-refractivity contribution is 0.103. The summed E-state index contributed by atoms with van der Waals surface area (Å²) in [7, 11) is 6.16. The zero-order valence-corrected chi connectivity index (χ0v) is 15.6. The van der Waals surface area contributed by atoms with E-state index < -0.39 is 0 Å². The molecule has 0 aliphatic carbocycles. The summed E-state index contributed by atoms with van der Waals surface area (Å²) in [5, 5.41) is 0. The Morgan fingerprint density at radius 2 is 1.62 bits per heavy atom.